The van der Waals surface area contributed by atoms with Crippen molar-refractivity contribution in [2.24, 2.45) is 28.6 Å². The highest BCUT2D eigenvalue weighted by atomic mass is 32.1. The van der Waals surface area contributed by atoms with Gasteiger partial charge in [-0.1, -0.05) is 19.3 Å². The number of aliphatic hydroxyl groups is 1. The zero-order valence-corrected chi connectivity index (χ0v) is 12.1. The van der Waals surface area contributed by atoms with Crippen LogP contribution in [0.4, 0.5) is 0 Å². The molecule has 3 aliphatic carbocycles. The Hall–Kier alpha value is -0.680. The Morgan fingerprint density at radius 1 is 1.32 bits per heavy atom. The first-order valence-electron chi connectivity index (χ1n) is 7.46. The van der Waals surface area contributed by atoms with Gasteiger partial charge in [0, 0.05) is 11.6 Å². The summed E-state index contributed by atoms with van der Waals surface area (Å²) in [4.78, 5) is 0. The summed E-state index contributed by atoms with van der Waals surface area (Å²) in [6.07, 6.45) is 9.07. The van der Waals surface area contributed by atoms with Crippen molar-refractivity contribution in [1.29, 1.82) is 0 Å². The van der Waals surface area contributed by atoms with Crippen molar-refractivity contribution in [3.05, 3.63) is 0 Å². The van der Waals surface area contributed by atoms with Crippen LogP contribution in [0, 0.1) is 17.8 Å². The molecule has 2 bridgehead atoms. The fourth-order valence-electron chi connectivity index (χ4n) is 4.56. The summed E-state index contributed by atoms with van der Waals surface area (Å²) in [6.45, 7) is 0. The fourth-order valence-corrected chi connectivity index (χ4v) is 4.60. The molecule has 0 amide bonds. The number of nitrogens with two attached hydrogens (primary N) is 1. The zero-order chi connectivity index (χ0) is 13.5. The van der Waals surface area contributed by atoms with Gasteiger partial charge in [0.25, 0.3) is 0 Å². The fraction of sp³-hybridized carbons (Fsp3) is 0.857. The van der Waals surface area contributed by atoms with Crippen molar-refractivity contribution in [1.82, 2.24) is 5.43 Å². The average molecular weight is 281 g/mol. The van der Waals surface area contributed by atoms with Crippen molar-refractivity contribution in [3.8, 4) is 0 Å². The van der Waals surface area contributed by atoms with Gasteiger partial charge in [-0.3, -0.25) is 5.43 Å². The molecule has 3 aliphatic rings. The van der Waals surface area contributed by atoms with E-state index in [0.29, 0.717) is 11.8 Å². The molecule has 0 spiro atoms. The van der Waals surface area contributed by atoms with Crippen LogP contribution in [0.5, 0.6) is 0 Å². The Kier molecular flexibility index (Phi) is 3.52. The summed E-state index contributed by atoms with van der Waals surface area (Å²) in [5.41, 5.74) is 8.82. The van der Waals surface area contributed by atoms with E-state index in [9.17, 15) is 5.11 Å². The average Bonchev–Trinajstić information content (AvgIpc) is 2.38. The van der Waals surface area contributed by atoms with E-state index in [0.717, 1.165) is 31.4 Å². The van der Waals surface area contributed by atoms with Crippen LogP contribution in [-0.2, 0) is 0 Å². The molecule has 4 nitrogen and oxygen atoms in total. The van der Waals surface area contributed by atoms with E-state index in [2.05, 4.69) is 10.5 Å². The van der Waals surface area contributed by atoms with Gasteiger partial charge < -0.3 is 10.8 Å². The van der Waals surface area contributed by atoms with Crippen molar-refractivity contribution < 1.29 is 5.11 Å². The third kappa shape index (κ3) is 2.27. The summed E-state index contributed by atoms with van der Waals surface area (Å²) >= 11 is 4.84. The van der Waals surface area contributed by atoms with Gasteiger partial charge in [0.15, 0.2) is 5.11 Å². The number of rotatable bonds is 1. The van der Waals surface area contributed by atoms with E-state index in [4.69, 9.17) is 18.0 Å². The summed E-state index contributed by atoms with van der Waals surface area (Å²) in [5.74, 6) is 1.21. The summed E-state index contributed by atoms with van der Waals surface area (Å²) < 4.78 is 0. The van der Waals surface area contributed by atoms with E-state index in [1.165, 1.54) is 25.7 Å². The standard InChI is InChI=1S/C14H23N3OS/c15-13(19)17-16-12-9-4-3-6-11(12)14(18)7-2-1-5-10(14)8-9/h9-11,18H,1-8H2,(H3,15,17,19)/b16-12-/t9-,10+,11+,14+/m0/s1. The minimum Gasteiger partial charge on any atom is -0.389 e. The summed E-state index contributed by atoms with van der Waals surface area (Å²) in [7, 11) is 0. The first kappa shape index (κ1) is 13.3. The molecule has 0 aromatic rings. The highest BCUT2D eigenvalue weighted by molar-refractivity contribution is 7.80. The minimum atomic E-state index is -0.522. The number of nitrogens with one attached hydrogen (secondary N) is 1. The second-order valence-corrected chi connectivity index (χ2v) is 6.80. The Morgan fingerprint density at radius 3 is 2.95 bits per heavy atom. The van der Waals surface area contributed by atoms with Crippen LogP contribution in [-0.4, -0.2) is 21.5 Å². The highest BCUT2D eigenvalue weighted by Crippen LogP contribution is 2.52. The molecule has 106 valence electrons. The second kappa shape index (κ2) is 5.02. The third-order valence-corrected chi connectivity index (χ3v) is 5.47. The predicted octanol–water partition coefficient (Wildman–Crippen LogP) is 1.92. The zero-order valence-electron chi connectivity index (χ0n) is 11.3. The highest BCUT2D eigenvalue weighted by Gasteiger charge is 2.54. The number of hydrazone groups is 1. The van der Waals surface area contributed by atoms with Gasteiger partial charge in [0.05, 0.1) is 5.60 Å². The lowest BCUT2D eigenvalue weighted by Crippen LogP contribution is -2.58. The first-order chi connectivity index (χ1) is 9.11. The Morgan fingerprint density at radius 2 is 2.16 bits per heavy atom. The van der Waals surface area contributed by atoms with Crippen LogP contribution < -0.4 is 11.2 Å². The van der Waals surface area contributed by atoms with Crippen LogP contribution >= 0.6 is 12.2 Å². The van der Waals surface area contributed by atoms with E-state index in [1.54, 1.807) is 0 Å². The summed E-state index contributed by atoms with van der Waals surface area (Å²) in [6, 6.07) is 0. The van der Waals surface area contributed by atoms with Crippen molar-refractivity contribution in [3.63, 3.8) is 0 Å². The van der Waals surface area contributed by atoms with E-state index in [1.807, 2.05) is 0 Å². The molecule has 0 heterocycles. The SMILES string of the molecule is NC(=S)N/N=C1/[C@H]2CCC[C@H]1[C@@]1(O)CCCC[C@@H]1C2. The van der Waals surface area contributed by atoms with Crippen LogP contribution in [0.15, 0.2) is 5.10 Å². The second-order valence-electron chi connectivity index (χ2n) is 6.36. The molecule has 19 heavy (non-hydrogen) atoms. The van der Waals surface area contributed by atoms with Crippen LogP contribution in [0.3, 0.4) is 0 Å². The van der Waals surface area contributed by atoms with Gasteiger partial charge in [0.1, 0.15) is 0 Å². The number of thiocarbonyl (C=S) groups is 1. The quantitative estimate of drug-likeness (QED) is 0.507. The smallest absolute Gasteiger partial charge is 0.184 e. The molecule has 4 N–H and O–H groups in total. The maximum absolute atomic E-state index is 11.2. The minimum absolute atomic E-state index is 0.211. The van der Waals surface area contributed by atoms with Gasteiger partial charge in [-0.05, 0) is 56.2 Å². The third-order valence-electron chi connectivity index (χ3n) is 5.38. The molecule has 5 heteroatoms. The molecule has 3 fully saturated rings. The van der Waals surface area contributed by atoms with Crippen LogP contribution in [0.2, 0.25) is 0 Å². The molecule has 0 saturated heterocycles. The van der Waals surface area contributed by atoms with E-state index >= 15 is 0 Å². The summed E-state index contributed by atoms with van der Waals surface area (Å²) in [5, 5.41) is 15.8. The normalized spacial score (nSPS) is 43.6. The molecule has 0 unspecified atom stereocenters. The Bertz CT molecular complexity index is 411. The van der Waals surface area contributed by atoms with Crippen LogP contribution in [0.25, 0.3) is 0 Å². The van der Waals surface area contributed by atoms with E-state index < -0.39 is 5.60 Å². The van der Waals surface area contributed by atoms with Crippen molar-refractivity contribution in [2.75, 3.05) is 0 Å². The van der Waals surface area contributed by atoms with Gasteiger partial charge in [-0.25, -0.2) is 0 Å². The molecule has 0 radical (unpaired) electrons. The van der Waals surface area contributed by atoms with Crippen LogP contribution in [0.1, 0.15) is 51.4 Å². The Labute approximate surface area is 119 Å². The monoisotopic (exact) mass is 281 g/mol. The number of hydrogen-bond donors (Lipinski definition) is 3. The maximum atomic E-state index is 11.2. The molecule has 3 saturated carbocycles. The molecule has 0 aromatic heterocycles. The van der Waals surface area contributed by atoms with Gasteiger partial charge >= 0.3 is 0 Å². The molecule has 4 atom stereocenters. The van der Waals surface area contributed by atoms with Crippen molar-refractivity contribution >= 4 is 23.0 Å². The molecular weight excluding hydrogens is 258 g/mol. The van der Waals surface area contributed by atoms with Crippen molar-refractivity contribution in [2.45, 2.75) is 57.0 Å². The lowest BCUT2D eigenvalue weighted by Gasteiger charge is -2.54. The predicted molar refractivity (Wildman–Crippen MR) is 79.7 cm³/mol. The van der Waals surface area contributed by atoms with Gasteiger partial charge in [-0.15, -0.1) is 0 Å². The largest absolute Gasteiger partial charge is 0.389 e. The maximum Gasteiger partial charge on any atom is 0.184 e. The van der Waals surface area contributed by atoms with Gasteiger partial charge in [-0.2, -0.15) is 5.10 Å². The molecular formula is C14H23N3OS. The molecule has 3 rings (SSSR count). The lowest BCUT2D eigenvalue weighted by atomic mass is 9.54. The molecule has 0 aromatic carbocycles. The lowest BCUT2D eigenvalue weighted by molar-refractivity contribution is -0.101. The van der Waals surface area contributed by atoms with E-state index in [-0.39, 0.29) is 11.0 Å². The first-order valence-corrected chi connectivity index (χ1v) is 7.87. The number of hydrogen-bond acceptors (Lipinski definition) is 3. The molecule has 0 aliphatic heterocycles. The number of nitrogens with zero attached hydrogens (tertiary/aromatic N) is 1. The Balaban J connectivity index is 1.90. The number of fused-ring (bicyclic) bond motifs is 4. The topological polar surface area (TPSA) is 70.6 Å². The van der Waals surface area contributed by atoms with Gasteiger partial charge in [0.2, 0.25) is 0 Å².